The standard InChI is InChI=1S/C9H11NO2S.ClH/c1-12-9(11)8-6-3-5-13-7(6)2-4-10-8;/h3,5,8,10H,2,4H2,1H3;1H. The minimum absolute atomic E-state index is 0. The van der Waals surface area contributed by atoms with E-state index in [1.165, 1.54) is 12.0 Å². The van der Waals surface area contributed by atoms with Gasteiger partial charge in [-0.3, -0.25) is 0 Å². The first-order valence-electron chi connectivity index (χ1n) is 4.20. The Morgan fingerprint density at radius 1 is 1.71 bits per heavy atom. The van der Waals surface area contributed by atoms with Gasteiger partial charge in [-0.1, -0.05) is 0 Å². The smallest absolute Gasteiger partial charge is 0.327 e. The predicted molar refractivity (Wildman–Crippen MR) is 58.0 cm³/mol. The van der Waals surface area contributed by atoms with Crippen molar-refractivity contribution in [2.45, 2.75) is 12.5 Å². The maximum absolute atomic E-state index is 11.3. The van der Waals surface area contributed by atoms with Crippen molar-refractivity contribution < 1.29 is 9.53 Å². The number of esters is 1. The number of nitrogens with one attached hydrogen (secondary N) is 1. The van der Waals surface area contributed by atoms with Crippen LogP contribution in [0.2, 0.25) is 0 Å². The van der Waals surface area contributed by atoms with Gasteiger partial charge in [-0.15, -0.1) is 23.7 Å². The van der Waals surface area contributed by atoms with Crippen LogP contribution in [0.5, 0.6) is 0 Å². The van der Waals surface area contributed by atoms with Crippen molar-refractivity contribution in [3.8, 4) is 0 Å². The van der Waals surface area contributed by atoms with E-state index >= 15 is 0 Å². The van der Waals surface area contributed by atoms with Gasteiger partial charge in [0.25, 0.3) is 0 Å². The van der Waals surface area contributed by atoms with E-state index in [1.54, 1.807) is 11.3 Å². The molecule has 1 aromatic rings. The zero-order valence-corrected chi connectivity index (χ0v) is 9.41. The topological polar surface area (TPSA) is 38.3 Å². The van der Waals surface area contributed by atoms with Gasteiger partial charge in [0.15, 0.2) is 0 Å². The number of hydrogen-bond donors (Lipinski definition) is 1. The van der Waals surface area contributed by atoms with Crippen molar-refractivity contribution in [2.75, 3.05) is 13.7 Å². The third kappa shape index (κ3) is 1.92. The lowest BCUT2D eigenvalue weighted by Gasteiger charge is -2.21. The molecule has 1 aliphatic rings. The fourth-order valence-electron chi connectivity index (χ4n) is 1.58. The normalized spacial score (nSPS) is 19.4. The maximum Gasteiger partial charge on any atom is 0.327 e. The molecule has 1 aliphatic heterocycles. The highest BCUT2D eigenvalue weighted by atomic mass is 35.5. The lowest BCUT2D eigenvalue weighted by Crippen LogP contribution is -2.34. The van der Waals surface area contributed by atoms with Crippen LogP contribution in [0.1, 0.15) is 16.5 Å². The lowest BCUT2D eigenvalue weighted by atomic mass is 10.0. The Hall–Kier alpha value is -0.580. The van der Waals surface area contributed by atoms with Crippen molar-refractivity contribution in [3.05, 3.63) is 21.9 Å². The average Bonchev–Trinajstić information content (AvgIpc) is 2.63. The number of fused-ring (bicyclic) bond motifs is 1. The van der Waals surface area contributed by atoms with Gasteiger partial charge in [-0.05, 0) is 23.4 Å². The molecule has 0 radical (unpaired) electrons. The Balaban J connectivity index is 0.000000980. The number of ether oxygens (including phenoxy) is 1. The highest BCUT2D eigenvalue weighted by Gasteiger charge is 2.27. The molecule has 78 valence electrons. The van der Waals surface area contributed by atoms with Crippen LogP contribution in [0.4, 0.5) is 0 Å². The second-order valence-electron chi connectivity index (χ2n) is 2.96. The Morgan fingerprint density at radius 3 is 3.21 bits per heavy atom. The Kier molecular flexibility index (Phi) is 3.92. The molecule has 0 aromatic carbocycles. The molecule has 1 atom stereocenters. The Morgan fingerprint density at radius 2 is 2.50 bits per heavy atom. The minimum atomic E-state index is -0.250. The predicted octanol–water partition coefficient (Wildman–Crippen LogP) is 1.53. The van der Waals surface area contributed by atoms with E-state index in [9.17, 15) is 4.79 Å². The van der Waals surface area contributed by atoms with Crippen LogP contribution in [-0.4, -0.2) is 19.6 Å². The first-order chi connectivity index (χ1) is 6.33. The van der Waals surface area contributed by atoms with Gasteiger partial charge in [0.1, 0.15) is 6.04 Å². The second kappa shape index (κ2) is 4.77. The van der Waals surface area contributed by atoms with Crippen LogP contribution in [-0.2, 0) is 16.0 Å². The molecule has 0 saturated carbocycles. The highest BCUT2D eigenvalue weighted by molar-refractivity contribution is 7.10. The molecule has 1 unspecified atom stereocenters. The lowest BCUT2D eigenvalue weighted by molar-refractivity contribution is -0.143. The highest BCUT2D eigenvalue weighted by Crippen LogP contribution is 2.27. The minimum Gasteiger partial charge on any atom is -0.468 e. The van der Waals surface area contributed by atoms with E-state index in [2.05, 4.69) is 5.32 Å². The third-order valence-corrected chi connectivity index (χ3v) is 3.22. The van der Waals surface area contributed by atoms with Gasteiger partial charge in [-0.25, -0.2) is 4.79 Å². The van der Waals surface area contributed by atoms with Crippen LogP contribution in [0.3, 0.4) is 0 Å². The number of hydrogen-bond acceptors (Lipinski definition) is 4. The summed E-state index contributed by atoms with van der Waals surface area (Å²) in [6, 6.07) is 1.74. The maximum atomic E-state index is 11.3. The molecule has 0 spiro atoms. The molecule has 0 fully saturated rings. The van der Waals surface area contributed by atoms with E-state index in [0.29, 0.717) is 0 Å². The molecule has 2 rings (SSSR count). The number of carbonyl (C=O) groups is 1. The molecular weight excluding hydrogens is 222 g/mol. The van der Waals surface area contributed by atoms with Gasteiger partial charge >= 0.3 is 5.97 Å². The fraction of sp³-hybridized carbons (Fsp3) is 0.444. The van der Waals surface area contributed by atoms with Crippen LogP contribution in [0.25, 0.3) is 0 Å². The zero-order chi connectivity index (χ0) is 9.26. The molecule has 0 amide bonds. The van der Waals surface area contributed by atoms with Gasteiger partial charge in [0.2, 0.25) is 0 Å². The molecule has 5 heteroatoms. The molecule has 1 aromatic heterocycles. The monoisotopic (exact) mass is 233 g/mol. The van der Waals surface area contributed by atoms with Gasteiger partial charge in [0.05, 0.1) is 7.11 Å². The Bertz CT molecular complexity index is 326. The van der Waals surface area contributed by atoms with Crippen molar-refractivity contribution in [3.63, 3.8) is 0 Å². The van der Waals surface area contributed by atoms with Gasteiger partial charge < -0.3 is 10.1 Å². The fourth-order valence-corrected chi connectivity index (χ4v) is 2.50. The quantitative estimate of drug-likeness (QED) is 0.748. The van der Waals surface area contributed by atoms with Gasteiger partial charge in [0, 0.05) is 11.4 Å². The number of halogens is 1. The molecule has 14 heavy (non-hydrogen) atoms. The number of rotatable bonds is 1. The molecule has 1 N–H and O–H groups in total. The van der Waals surface area contributed by atoms with Crippen LogP contribution < -0.4 is 5.32 Å². The van der Waals surface area contributed by atoms with Gasteiger partial charge in [-0.2, -0.15) is 0 Å². The summed E-state index contributed by atoms with van der Waals surface area (Å²) >= 11 is 1.71. The van der Waals surface area contributed by atoms with Crippen molar-refractivity contribution in [1.29, 1.82) is 0 Å². The molecule has 0 aliphatic carbocycles. The second-order valence-corrected chi connectivity index (χ2v) is 3.96. The van der Waals surface area contributed by atoms with E-state index < -0.39 is 0 Å². The molecule has 2 heterocycles. The average molecular weight is 234 g/mol. The number of methoxy groups -OCH3 is 1. The first kappa shape index (κ1) is 11.5. The summed E-state index contributed by atoms with van der Waals surface area (Å²) in [4.78, 5) is 12.6. The van der Waals surface area contributed by atoms with Crippen molar-refractivity contribution in [2.24, 2.45) is 0 Å². The molecule has 3 nitrogen and oxygen atoms in total. The van der Waals surface area contributed by atoms with Crippen LogP contribution >= 0.6 is 23.7 Å². The molecule has 0 bridgehead atoms. The summed E-state index contributed by atoms with van der Waals surface area (Å²) in [7, 11) is 1.42. The summed E-state index contributed by atoms with van der Waals surface area (Å²) < 4.78 is 4.72. The van der Waals surface area contributed by atoms with Crippen molar-refractivity contribution >= 4 is 29.7 Å². The Labute approximate surface area is 92.9 Å². The zero-order valence-electron chi connectivity index (χ0n) is 7.78. The SMILES string of the molecule is COC(=O)C1NCCc2sccc21.Cl. The summed E-state index contributed by atoms with van der Waals surface area (Å²) in [5, 5.41) is 5.17. The summed E-state index contributed by atoms with van der Waals surface area (Å²) in [5.74, 6) is -0.195. The van der Waals surface area contributed by atoms with Crippen LogP contribution in [0.15, 0.2) is 11.4 Å². The first-order valence-corrected chi connectivity index (χ1v) is 5.08. The van der Waals surface area contributed by atoms with Crippen molar-refractivity contribution in [1.82, 2.24) is 5.32 Å². The molecule has 0 saturated heterocycles. The largest absolute Gasteiger partial charge is 0.468 e. The van der Waals surface area contributed by atoms with E-state index in [1.807, 2.05) is 11.4 Å². The number of thiophene rings is 1. The summed E-state index contributed by atoms with van der Waals surface area (Å²) in [5.41, 5.74) is 1.09. The molecular formula is C9H12ClNO2S. The third-order valence-electron chi connectivity index (χ3n) is 2.23. The van der Waals surface area contributed by atoms with Crippen LogP contribution in [0, 0.1) is 0 Å². The summed E-state index contributed by atoms with van der Waals surface area (Å²) in [6.45, 7) is 0.854. The number of carbonyl (C=O) groups excluding carboxylic acids is 1. The van der Waals surface area contributed by atoms with E-state index in [-0.39, 0.29) is 24.4 Å². The van der Waals surface area contributed by atoms with E-state index in [4.69, 9.17) is 4.74 Å². The summed E-state index contributed by atoms with van der Waals surface area (Å²) in [6.07, 6.45) is 1.01. The van der Waals surface area contributed by atoms with E-state index in [0.717, 1.165) is 18.5 Å².